The number of nitrogens with one attached hydrogen (secondary N) is 1. The second-order valence-corrected chi connectivity index (χ2v) is 6.68. The van der Waals surface area contributed by atoms with Crippen LogP contribution in [0.25, 0.3) is 0 Å². The molecule has 3 aromatic carbocycles. The predicted molar refractivity (Wildman–Crippen MR) is 109 cm³/mol. The minimum atomic E-state index is -0.449. The highest BCUT2D eigenvalue weighted by Gasteiger charge is 2.36. The van der Waals surface area contributed by atoms with E-state index in [-0.39, 0.29) is 6.54 Å². The van der Waals surface area contributed by atoms with Gasteiger partial charge in [0.05, 0.1) is 23.4 Å². The van der Waals surface area contributed by atoms with Gasteiger partial charge < -0.3 is 0 Å². The maximum absolute atomic E-state index is 12.7. The monoisotopic (exact) mass is 385 g/mol. The molecule has 6 heteroatoms. The van der Waals surface area contributed by atoms with E-state index >= 15 is 0 Å². The SMILES string of the molecule is O=C(CN1C(=O)c2ccccc2C1=O)NN(Cc1ccccc1)c1ccccc1. The van der Waals surface area contributed by atoms with Crippen molar-refractivity contribution in [2.24, 2.45) is 0 Å². The van der Waals surface area contributed by atoms with Crippen molar-refractivity contribution in [3.05, 3.63) is 102 Å². The van der Waals surface area contributed by atoms with Crippen molar-refractivity contribution in [1.29, 1.82) is 0 Å². The molecule has 29 heavy (non-hydrogen) atoms. The zero-order chi connectivity index (χ0) is 20.2. The highest BCUT2D eigenvalue weighted by atomic mass is 16.2. The zero-order valence-corrected chi connectivity index (χ0v) is 15.6. The summed E-state index contributed by atoms with van der Waals surface area (Å²) in [6, 6.07) is 25.7. The van der Waals surface area contributed by atoms with Crippen molar-refractivity contribution in [3.8, 4) is 0 Å². The lowest BCUT2D eigenvalue weighted by Crippen LogP contribution is -2.47. The van der Waals surface area contributed by atoms with Crippen LogP contribution in [0.5, 0.6) is 0 Å². The lowest BCUT2D eigenvalue weighted by molar-refractivity contribution is -0.121. The Bertz CT molecular complexity index is 1020. The van der Waals surface area contributed by atoms with Crippen LogP contribution in [-0.2, 0) is 11.3 Å². The average Bonchev–Trinajstić information content (AvgIpc) is 3.00. The first-order valence-electron chi connectivity index (χ1n) is 9.25. The van der Waals surface area contributed by atoms with Crippen molar-refractivity contribution in [2.75, 3.05) is 11.6 Å². The molecule has 1 aliphatic heterocycles. The zero-order valence-electron chi connectivity index (χ0n) is 15.6. The molecule has 0 spiro atoms. The molecule has 0 radical (unpaired) electrons. The quantitative estimate of drug-likeness (QED) is 0.523. The minimum absolute atomic E-state index is 0.328. The molecule has 0 atom stereocenters. The van der Waals surface area contributed by atoms with Gasteiger partial charge >= 0.3 is 0 Å². The second kappa shape index (κ2) is 7.98. The topological polar surface area (TPSA) is 69.7 Å². The highest BCUT2D eigenvalue weighted by molar-refractivity contribution is 6.22. The molecule has 0 bridgehead atoms. The average molecular weight is 385 g/mol. The third-order valence-electron chi connectivity index (χ3n) is 4.69. The first-order chi connectivity index (χ1) is 14.1. The van der Waals surface area contributed by atoms with Gasteiger partial charge in [-0.15, -0.1) is 0 Å². The number of hydrogen-bond donors (Lipinski definition) is 1. The molecule has 0 saturated carbocycles. The molecule has 144 valence electrons. The lowest BCUT2D eigenvalue weighted by Gasteiger charge is -2.26. The fraction of sp³-hybridized carbons (Fsp3) is 0.0870. The van der Waals surface area contributed by atoms with Crippen LogP contribution in [0, 0.1) is 0 Å². The van der Waals surface area contributed by atoms with Crippen LogP contribution >= 0.6 is 0 Å². The molecule has 6 nitrogen and oxygen atoms in total. The van der Waals surface area contributed by atoms with Gasteiger partial charge in [0.1, 0.15) is 6.54 Å². The van der Waals surface area contributed by atoms with Crippen molar-refractivity contribution in [3.63, 3.8) is 0 Å². The summed E-state index contributed by atoms with van der Waals surface area (Å²) in [7, 11) is 0. The number of benzene rings is 3. The second-order valence-electron chi connectivity index (χ2n) is 6.68. The number of imide groups is 1. The summed E-state index contributed by atoms with van der Waals surface area (Å²) in [6.45, 7) is 0.100. The number of carbonyl (C=O) groups excluding carboxylic acids is 3. The molecule has 1 N–H and O–H groups in total. The number of rotatable bonds is 6. The molecule has 3 aromatic rings. The van der Waals surface area contributed by atoms with Crippen LogP contribution in [0.4, 0.5) is 5.69 Å². The molecule has 0 unspecified atom stereocenters. The Morgan fingerprint density at radius 2 is 1.28 bits per heavy atom. The molecule has 0 saturated heterocycles. The number of anilines is 1. The Labute approximate surface area is 168 Å². The molecular formula is C23H19N3O3. The van der Waals surface area contributed by atoms with Crippen molar-refractivity contribution in [1.82, 2.24) is 10.3 Å². The van der Waals surface area contributed by atoms with Gasteiger partial charge in [-0.1, -0.05) is 60.7 Å². The largest absolute Gasteiger partial charge is 0.281 e. The summed E-state index contributed by atoms with van der Waals surface area (Å²) in [6.07, 6.45) is 0. The Kier molecular flexibility index (Phi) is 5.07. The van der Waals surface area contributed by atoms with Gasteiger partial charge in [0, 0.05) is 0 Å². The number of fused-ring (bicyclic) bond motifs is 1. The number of carbonyl (C=O) groups is 3. The summed E-state index contributed by atoms with van der Waals surface area (Å²) in [5.74, 6) is -1.34. The first kappa shape index (κ1) is 18.4. The maximum Gasteiger partial charge on any atom is 0.262 e. The van der Waals surface area contributed by atoms with Gasteiger partial charge in [-0.25, -0.2) is 0 Å². The van der Waals surface area contributed by atoms with E-state index in [0.29, 0.717) is 17.7 Å². The van der Waals surface area contributed by atoms with E-state index in [1.165, 1.54) is 0 Å². The van der Waals surface area contributed by atoms with Crippen LogP contribution in [0.1, 0.15) is 26.3 Å². The fourth-order valence-corrected chi connectivity index (χ4v) is 3.28. The molecule has 3 amide bonds. The number of para-hydroxylation sites is 1. The third kappa shape index (κ3) is 3.87. The molecule has 1 aliphatic rings. The fourth-order valence-electron chi connectivity index (χ4n) is 3.28. The van der Waals surface area contributed by atoms with Crippen molar-refractivity contribution < 1.29 is 14.4 Å². The Balaban J connectivity index is 1.50. The maximum atomic E-state index is 12.7. The van der Waals surface area contributed by atoms with E-state index in [9.17, 15) is 14.4 Å². The van der Waals surface area contributed by atoms with Gasteiger partial charge in [-0.3, -0.25) is 29.7 Å². The van der Waals surface area contributed by atoms with Crippen LogP contribution in [0.3, 0.4) is 0 Å². The predicted octanol–water partition coefficient (Wildman–Crippen LogP) is 3.02. The normalized spacial score (nSPS) is 12.6. The van der Waals surface area contributed by atoms with Gasteiger partial charge in [-0.05, 0) is 29.8 Å². The van der Waals surface area contributed by atoms with Gasteiger partial charge in [0.25, 0.3) is 17.7 Å². The number of hydrazine groups is 1. The highest BCUT2D eigenvalue weighted by Crippen LogP contribution is 2.22. The molecule has 0 aromatic heterocycles. The summed E-state index contributed by atoms with van der Waals surface area (Å²) in [5.41, 5.74) is 5.29. The van der Waals surface area contributed by atoms with Gasteiger partial charge in [0.15, 0.2) is 0 Å². The van der Waals surface area contributed by atoms with E-state index in [1.807, 2.05) is 60.7 Å². The van der Waals surface area contributed by atoms with Gasteiger partial charge in [-0.2, -0.15) is 0 Å². The smallest absolute Gasteiger partial charge is 0.262 e. The van der Waals surface area contributed by atoms with E-state index in [2.05, 4.69) is 5.43 Å². The summed E-state index contributed by atoms with van der Waals surface area (Å²) in [4.78, 5) is 38.7. The van der Waals surface area contributed by atoms with E-state index < -0.39 is 17.7 Å². The summed E-state index contributed by atoms with van der Waals surface area (Å²) < 4.78 is 0. The molecule has 0 fully saturated rings. The third-order valence-corrected chi connectivity index (χ3v) is 4.69. The number of hydrogen-bond acceptors (Lipinski definition) is 4. The number of amides is 3. The summed E-state index contributed by atoms with van der Waals surface area (Å²) >= 11 is 0. The molecular weight excluding hydrogens is 366 g/mol. The van der Waals surface area contributed by atoms with Gasteiger partial charge in [0.2, 0.25) is 0 Å². The Morgan fingerprint density at radius 3 is 1.86 bits per heavy atom. The number of nitrogens with zero attached hydrogens (tertiary/aromatic N) is 2. The lowest BCUT2D eigenvalue weighted by atomic mass is 10.1. The van der Waals surface area contributed by atoms with Crippen LogP contribution in [0.15, 0.2) is 84.9 Å². The van der Waals surface area contributed by atoms with Crippen LogP contribution in [-0.4, -0.2) is 29.2 Å². The standard InChI is InChI=1S/C23H19N3O3/c27-21(16-25-22(28)19-13-7-8-14-20(19)23(25)29)24-26(18-11-5-2-6-12-18)15-17-9-3-1-4-10-17/h1-14H,15-16H2,(H,24,27). The molecule has 1 heterocycles. The minimum Gasteiger partial charge on any atom is -0.281 e. The Morgan fingerprint density at radius 1 is 0.759 bits per heavy atom. The summed E-state index contributed by atoms with van der Waals surface area (Å²) in [5, 5.41) is 1.70. The van der Waals surface area contributed by atoms with E-state index in [1.54, 1.807) is 29.3 Å². The van der Waals surface area contributed by atoms with E-state index in [0.717, 1.165) is 16.2 Å². The first-order valence-corrected chi connectivity index (χ1v) is 9.25. The van der Waals surface area contributed by atoms with Crippen LogP contribution < -0.4 is 10.4 Å². The van der Waals surface area contributed by atoms with E-state index in [4.69, 9.17) is 0 Å². The van der Waals surface area contributed by atoms with Crippen LogP contribution in [0.2, 0.25) is 0 Å². The Hall–Kier alpha value is -3.93. The molecule has 4 rings (SSSR count). The molecule has 0 aliphatic carbocycles. The van der Waals surface area contributed by atoms with Crippen molar-refractivity contribution in [2.45, 2.75) is 6.54 Å². The van der Waals surface area contributed by atoms with Crippen molar-refractivity contribution >= 4 is 23.4 Å².